The number of hydrogen-bond donors (Lipinski definition) is 1. The number of nitriles is 1. The van der Waals surface area contributed by atoms with Crippen molar-refractivity contribution in [1.29, 1.82) is 5.26 Å². The molecule has 2 heteroatoms. The summed E-state index contributed by atoms with van der Waals surface area (Å²) in [6.45, 7) is 0. The van der Waals surface area contributed by atoms with Crippen LogP contribution >= 0.6 is 0 Å². The molecule has 0 spiro atoms. The van der Waals surface area contributed by atoms with Gasteiger partial charge < -0.3 is 5.32 Å². The van der Waals surface area contributed by atoms with Gasteiger partial charge in [-0.1, -0.05) is 84.9 Å². The van der Waals surface area contributed by atoms with Crippen LogP contribution in [0.1, 0.15) is 11.1 Å². The summed E-state index contributed by atoms with van der Waals surface area (Å²) in [4.78, 5) is 0. The second kappa shape index (κ2) is 7.30. The van der Waals surface area contributed by atoms with Crippen molar-refractivity contribution in [3.05, 3.63) is 108 Å². The maximum atomic E-state index is 10.0. The number of nitrogens with zero attached hydrogens (tertiary/aromatic N) is 1. The van der Waals surface area contributed by atoms with E-state index in [1.165, 1.54) is 0 Å². The summed E-state index contributed by atoms with van der Waals surface area (Å²) in [6.07, 6.45) is 3.90. The van der Waals surface area contributed by atoms with Crippen LogP contribution in [0, 0.1) is 11.3 Å². The summed E-state index contributed by atoms with van der Waals surface area (Å²) in [7, 11) is 0. The average Bonchev–Trinajstić information content (AvgIpc) is 2.67. The van der Waals surface area contributed by atoms with Gasteiger partial charge in [-0.05, 0) is 29.3 Å². The molecule has 24 heavy (non-hydrogen) atoms. The first-order chi connectivity index (χ1) is 11.8. The minimum Gasteiger partial charge on any atom is -0.361 e. The number of nitrogens with one attached hydrogen (secondary N) is 1. The third-order valence-electron chi connectivity index (χ3n) is 3.85. The van der Waals surface area contributed by atoms with Crippen molar-refractivity contribution >= 4 is 11.8 Å². The molecule has 0 aliphatic rings. The molecule has 0 saturated carbocycles. The predicted molar refractivity (Wildman–Crippen MR) is 99.3 cm³/mol. The Bertz CT molecular complexity index is 833. The van der Waals surface area contributed by atoms with Crippen LogP contribution in [0.5, 0.6) is 0 Å². The Morgan fingerprint density at radius 3 is 1.88 bits per heavy atom. The second-order valence-electron chi connectivity index (χ2n) is 5.52. The smallest absolute Gasteiger partial charge is 0.170 e. The van der Waals surface area contributed by atoms with Crippen LogP contribution in [-0.4, -0.2) is 0 Å². The summed E-state index contributed by atoms with van der Waals surface area (Å²) in [5.41, 5.74) is 1.94. The highest BCUT2D eigenvalue weighted by atomic mass is 15.0. The zero-order chi connectivity index (χ0) is 16.7. The number of para-hydroxylation sites is 1. The van der Waals surface area contributed by atoms with Crippen LogP contribution in [0.4, 0.5) is 5.69 Å². The average molecular weight is 310 g/mol. The zero-order valence-corrected chi connectivity index (χ0v) is 13.3. The minimum absolute atomic E-state index is 0.903. The Labute approximate surface area is 142 Å². The van der Waals surface area contributed by atoms with Crippen molar-refractivity contribution in [1.82, 2.24) is 0 Å². The Kier molecular flexibility index (Phi) is 4.74. The van der Waals surface area contributed by atoms with Crippen molar-refractivity contribution in [2.24, 2.45) is 0 Å². The normalized spacial score (nSPS) is 13.1. The molecule has 3 aromatic carbocycles. The van der Waals surface area contributed by atoms with Crippen molar-refractivity contribution < 1.29 is 0 Å². The number of hydrogen-bond acceptors (Lipinski definition) is 2. The van der Waals surface area contributed by atoms with E-state index < -0.39 is 5.54 Å². The fraction of sp³-hybridized carbons (Fsp3) is 0.0455. The third kappa shape index (κ3) is 3.53. The molecule has 0 fully saturated rings. The molecule has 0 heterocycles. The van der Waals surface area contributed by atoms with Gasteiger partial charge in [0, 0.05) is 5.69 Å². The van der Waals surface area contributed by atoms with Crippen molar-refractivity contribution in [3.8, 4) is 6.07 Å². The van der Waals surface area contributed by atoms with Gasteiger partial charge >= 0.3 is 0 Å². The van der Waals surface area contributed by atoms with E-state index in [0.29, 0.717) is 0 Å². The monoisotopic (exact) mass is 310 g/mol. The van der Waals surface area contributed by atoms with Crippen molar-refractivity contribution in [2.45, 2.75) is 5.54 Å². The van der Waals surface area contributed by atoms with Crippen molar-refractivity contribution in [2.75, 3.05) is 5.32 Å². The van der Waals surface area contributed by atoms with Crippen LogP contribution in [0.2, 0.25) is 0 Å². The highest BCUT2D eigenvalue weighted by Gasteiger charge is 2.29. The lowest BCUT2D eigenvalue weighted by atomic mass is 9.89. The van der Waals surface area contributed by atoms with Crippen molar-refractivity contribution in [3.63, 3.8) is 0 Å². The fourth-order valence-electron chi connectivity index (χ4n) is 2.58. The molecule has 0 saturated heterocycles. The summed E-state index contributed by atoms with van der Waals surface area (Å²) in [5, 5.41) is 13.4. The molecule has 2 nitrogen and oxygen atoms in total. The Hall–Kier alpha value is -3.31. The lowest BCUT2D eigenvalue weighted by molar-refractivity contribution is 0.799. The molecule has 1 unspecified atom stereocenters. The first-order valence-electron chi connectivity index (χ1n) is 7.87. The second-order valence-corrected chi connectivity index (χ2v) is 5.52. The molecule has 1 N–H and O–H groups in total. The van der Waals surface area contributed by atoms with E-state index in [4.69, 9.17) is 0 Å². The van der Waals surface area contributed by atoms with E-state index in [9.17, 15) is 5.26 Å². The molecule has 3 rings (SSSR count). The Morgan fingerprint density at radius 1 is 0.750 bits per heavy atom. The van der Waals surface area contributed by atoms with Crippen LogP contribution in [0.25, 0.3) is 6.08 Å². The summed E-state index contributed by atoms with van der Waals surface area (Å²) < 4.78 is 0. The SMILES string of the molecule is N#CC(/C=C/c1ccccc1)(Nc1ccccc1)c1ccccc1. The van der Waals surface area contributed by atoms with Crippen LogP contribution in [0.15, 0.2) is 97.1 Å². The van der Waals surface area contributed by atoms with Crippen LogP contribution in [-0.2, 0) is 5.54 Å². The molecule has 0 bridgehead atoms. The van der Waals surface area contributed by atoms with E-state index in [-0.39, 0.29) is 0 Å². The van der Waals surface area contributed by atoms with Gasteiger partial charge in [0.05, 0.1) is 0 Å². The lowest BCUT2D eigenvalue weighted by Gasteiger charge is -2.26. The van der Waals surface area contributed by atoms with E-state index in [1.54, 1.807) is 0 Å². The molecule has 0 amide bonds. The maximum absolute atomic E-state index is 10.0. The molecule has 0 aliphatic carbocycles. The maximum Gasteiger partial charge on any atom is 0.170 e. The van der Waals surface area contributed by atoms with Gasteiger partial charge in [-0.15, -0.1) is 0 Å². The molecule has 0 radical (unpaired) electrons. The lowest BCUT2D eigenvalue weighted by Crippen LogP contribution is -2.31. The van der Waals surface area contributed by atoms with E-state index in [2.05, 4.69) is 11.4 Å². The standard InChI is InChI=1S/C22H18N2/c23-18-22(20-12-6-2-7-13-20,24-21-14-8-3-9-15-21)17-16-19-10-4-1-5-11-19/h1-17,24H/b17-16+. The van der Waals surface area contributed by atoms with Gasteiger partial charge in [-0.2, -0.15) is 5.26 Å². The highest BCUT2D eigenvalue weighted by molar-refractivity contribution is 5.60. The number of rotatable bonds is 5. The first kappa shape index (κ1) is 15.6. The Balaban J connectivity index is 2.03. The zero-order valence-electron chi connectivity index (χ0n) is 13.3. The molecular weight excluding hydrogens is 292 g/mol. The first-order valence-corrected chi connectivity index (χ1v) is 7.87. The van der Waals surface area contributed by atoms with Gasteiger partial charge in [-0.25, -0.2) is 0 Å². The molecular formula is C22H18N2. The molecule has 116 valence electrons. The van der Waals surface area contributed by atoms with Crippen LogP contribution < -0.4 is 5.32 Å². The fourth-order valence-corrected chi connectivity index (χ4v) is 2.58. The topological polar surface area (TPSA) is 35.8 Å². The summed E-state index contributed by atoms with van der Waals surface area (Å²) >= 11 is 0. The van der Waals surface area contributed by atoms with Gasteiger partial charge in [-0.3, -0.25) is 0 Å². The van der Waals surface area contributed by atoms with E-state index in [1.807, 2.05) is 103 Å². The van der Waals surface area contributed by atoms with E-state index in [0.717, 1.165) is 16.8 Å². The predicted octanol–water partition coefficient (Wildman–Crippen LogP) is 5.23. The number of anilines is 1. The highest BCUT2D eigenvalue weighted by Crippen LogP contribution is 2.28. The van der Waals surface area contributed by atoms with Crippen LogP contribution in [0.3, 0.4) is 0 Å². The molecule has 0 aromatic heterocycles. The van der Waals surface area contributed by atoms with Gasteiger partial charge in [0.1, 0.15) is 6.07 Å². The van der Waals surface area contributed by atoms with Gasteiger partial charge in [0.2, 0.25) is 0 Å². The Morgan fingerprint density at radius 2 is 1.29 bits per heavy atom. The molecule has 0 aliphatic heterocycles. The van der Waals surface area contributed by atoms with Gasteiger partial charge in [0.25, 0.3) is 0 Å². The summed E-state index contributed by atoms with van der Waals surface area (Å²) in [6, 6.07) is 32.0. The summed E-state index contributed by atoms with van der Waals surface area (Å²) in [5.74, 6) is 0. The third-order valence-corrected chi connectivity index (χ3v) is 3.85. The molecule has 3 aromatic rings. The number of benzene rings is 3. The largest absolute Gasteiger partial charge is 0.361 e. The quantitative estimate of drug-likeness (QED) is 0.700. The van der Waals surface area contributed by atoms with E-state index >= 15 is 0 Å². The minimum atomic E-state index is -0.932. The molecule has 1 atom stereocenters. The van der Waals surface area contributed by atoms with Gasteiger partial charge in [0.15, 0.2) is 5.54 Å².